The predicted octanol–water partition coefficient (Wildman–Crippen LogP) is 5.51. The van der Waals surface area contributed by atoms with Crippen molar-refractivity contribution in [3.8, 4) is 17.2 Å². The van der Waals surface area contributed by atoms with Gasteiger partial charge in [-0.05, 0) is 43.7 Å². The van der Waals surface area contributed by atoms with Crippen LogP contribution in [-0.4, -0.2) is 37.1 Å². The Kier molecular flexibility index (Phi) is 7.59. The van der Waals surface area contributed by atoms with Crippen LogP contribution in [-0.2, 0) is 9.59 Å². The lowest BCUT2D eigenvalue weighted by atomic mass is 9.94. The van der Waals surface area contributed by atoms with Crippen LogP contribution < -0.4 is 19.1 Å². The number of para-hydroxylation sites is 1. The van der Waals surface area contributed by atoms with Crippen LogP contribution >= 0.6 is 0 Å². The maximum atomic E-state index is 13.5. The van der Waals surface area contributed by atoms with Crippen LogP contribution in [0.5, 0.6) is 17.2 Å². The zero-order valence-electron chi connectivity index (χ0n) is 20.6. The Bertz CT molecular complexity index is 1300. The van der Waals surface area contributed by atoms with Crippen LogP contribution in [0.25, 0.3) is 5.76 Å². The molecule has 4 rings (SSSR count). The molecule has 0 aliphatic carbocycles. The molecule has 1 fully saturated rings. The molecule has 0 radical (unpaired) electrons. The van der Waals surface area contributed by atoms with Gasteiger partial charge >= 0.3 is 0 Å². The summed E-state index contributed by atoms with van der Waals surface area (Å²) in [6, 6.07) is 20.1. The van der Waals surface area contributed by atoms with E-state index in [1.807, 2.05) is 13.8 Å². The van der Waals surface area contributed by atoms with Crippen molar-refractivity contribution in [2.75, 3.05) is 25.2 Å². The molecule has 0 spiro atoms. The molecule has 1 amide bonds. The van der Waals surface area contributed by atoms with Gasteiger partial charge in [0, 0.05) is 22.9 Å². The number of ketones is 1. The summed E-state index contributed by atoms with van der Waals surface area (Å²) in [6.45, 7) is 4.84. The smallest absolute Gasteiger partial charge is 0.300 e. The number of aliphatic hydroxyl groups excluding tert-OH is 1. The lowest BCUT2D eigenvalue weighted by Gasteiger charge is -2.27. The second kappa shape index (κ2) is 11.0. The Labute approximate surface area is 210 Å². The van der Waals surface area contributed by atoms with Gasteiger partial charge in [0.2, 0.25) is 0 Å². The lowest BCUT2D eigenvalue weighted by Crippen LogP contribution is -2.29. The van der Waals surface area contributed by atoms with E-state index in [9.17, 15) is 14.7 Å². The van der Waals surface area contributed by atoms with Crippen molar-refractivity contribution in [1.82, 2.24) is 0 Å². The number of carbonyl (C=O) groups is 2. The van der Waals surface area contributed by atoms with Gasteiger partial charge in [-0.25, -0.2) is 0 Å². The van der Waals surface area contributed by atoms with Crippen molar-refractivity contribution in [1.29, 1.82) is 0 Å². The molecule has 186 valence electrons. The summed E-state index contributed by atoms with van der Waals surface area (Å²) in [4.78, 5) is 28.3. The summed E-state index contributed by atoms with van der Waals surface area (Å²) in [5, 5.41) is 11.4. The van der Waals surface area contributed by atoms with Gasteiger partial charge in [0.05, 0.1) is 31.9 Å². The zero-order valence-corrected chi connectivity index (χ0v) is 20.6. The minimum atomic E-state index is -0.918. The average molecular weight is 488 g/mol. The van der Waals surface area contributed by atoms with Gasteiger partial charge in [0.15, 0.2) is 0 Å². The molecule has 1 heterocycles. The summed E-state index contributed by atoms with van der Waals surface area (Å²) >= 11 is 0. The van der Waals surface area contributed by atoms with Crippen molar-refractivity contribution in [2.24, 2.45) is 0 Å². The molecule has 3 aromatic carbocycles. The zero-order chi connectivity index (χ0) is 25.7. The Morgan fingerprint density at radius 2 is 1.64 bits per heavy atom. The summed E-state index contributed by atoms with van der Waals surface area (Å²) in [7, 11) is 1.52. The largest absolute Gasteiger partial charge is 0.507 e. The van der Waals surface area contributed by atoms with Gasteiger partial charge in [0.25, 0.3) is 11.7 Å². The fourth-order valence-electron chi connectivity index (χ4n) is 4.28. The molecule has 1 aliphatic heterocycles. The molecule has 36 heavy (non-hydrogen) atoms. The number of hydrogen-bond acceptors (Lipinski definition) is 6. The Balaban J connectivity index is 1.92. The van der Waals surface area contributed by atoms with Crippen molar-refractivity contribution in [2.45, 2.75) is 26.3 Å². The molecular formula is C29H29NO6. The van der Waals surface area contributed by atoms with Crippen LogP contribution in [0.1, 0.15) is 37.4 Å². The highest BCUT2D eigenvalue weighted by molar-refractivity contribution is 6.51. The Hall–Kier alpha value is -4.26. The second-order valence-corrected chi connectivity index (χ2v) is 8.22. The van der Waals surface area contributed by atoms with Gasteiger partial charge < -0.3 is 19.3 Å². The molecule has 1 N–H and O–H groups in total. The van der Waals surface area contributed by atoms with Crippen molar-refractivity contribution in [3.05, 3.63) is 89.5 Å². The van der Waals surface area contributed by atoms with Gasteiger partial charge in [-0.2, -0.15) is 0 Å². The molecule has 0 saturated carbocycles. The molecule has 1 unspecified atom stereocenters. The van der Waals surface area contributed by atoms with Crippen LogP contribution in [0, 0.1) is 0 Å². The number of carbonyl (C=O) groups excluding carboxylic acids is 2. The van der Waals surface area contributed by atoms with E-state index < -0.39 is 17.7 Å². The number of aliphatic hydroxyl groups is 1. The van der Waals surface area contributed by atoms with Gasteiger partial charge in [-0.3, -0.25) is 14.5 Å². The SMILES string of the molecule is CCCOc1cccc(N2C(=O)C(=O)/C(=C(/O)c3cccc(OCC)c3)C2c2ccccc2OC)c1. The first-order chi connectivity index (χ1) is 17.5. The number of anilines is 1. The minimum Gasteiger partial charge on any atom is -0.507 e. The molecule has 3 aromatic rings. The van der Waals surface area contributed by atoms with E-state index in [-0.39, 0.29) is 11.3 Å². The van der Waals surface area contributed by atoms with Crippen molar-refractivity contribution >= 4 is 23.1 Å². The van der Waals surface area contributed by atoms with Gasteiger partial charge in [-0.15, -0.1) is 0 Å². The van der Waals surface area contributed by atoms with E-state index in [1.165, 1.54) is 12.0 Å². The highest BCUT2D eigenvalue weighted by Crippen LogP contribution is 2.45. The molecule has 1 atom stereocenters. The summed E-state index contributed by atoms with van der Waals surface area (Å²) in [5.41, 5.74) is 1.39. The standard InChI is InChI=1S/C29H29NO6/c1-4-16-36-22-13-9-11-20(18-22)30-26(23-14-6-7-15-24(23)34-3)25(28(32)29(30)33)27(31)19-10-8-12-21(17-19)35-5-2/h6-15,17-18,26,31H,4-5,16H2,1-3H3/b27-25+. The van der Waals surface area contributed by atoms with E-state index in [2.05, 4.69) is 0 Å². The first-order valence-electron chi connectivity index (χ1n) is 11.9. The van der Waals surface area contributed by atoms with Gasteiger partial charge in [-0.1, -0.05) is 43.3 Å². The van der Waals surface area contributed by atoms with Crippen molar-refractivity contribution in [3.63, 3.8) is 0 Å². The minimum absolute atomic E-state index is 0.0296. The summed E-state index contributed by atoms with van der Waals surface area (Å²) in [5.74, 6) is -0.204. The van der Waals surface area contributed by atoms with Crippen LogP contribution in [0.3, 0.4) is 0 Å². The number of Topliss-reactive ketones (excluding diaryl/α,β-unsaturated/α-hetero) is 1. The third-order valence-corrected chi connectivity index (χ3v) is 5.87. The third kappa shape index (κ3) is 4.77. The molecule has 7 nitrogen and oxygen atoms in total. The number of rotatable bonds is 9. The molecule has 1 saturated heterocycles. The van der Waals surface area contributed by atoms with Crippen molar-refractivity contribution < 1.29 is 28.9 Å². The van der Waals surface area contributed by atoms with Gasteiger partial charge in [0.1, 0.15) is 23.0 Å². The molecule has 1 aliphatic rings. The fraction of sp³-hybridized carbons (Fsp3) is 0.241. The first-order valence-corrected chi connectivity index (χ1v) is 11.9. The van der Waals surface area contributed by atoms with E-state index in [4.69, 9.17) is 14.2 Å². The number of methoxy groups -OCH3 is 1. The Morgan fingerprint density at radius 3 is 2.36 bits per heavy atom. The van der Waals surface area contributed by atoms with Crippen LogP contribution in [0.15, 0.2) is 78.4 Å². The molecular weight excluding hydrogens is 458 g/mol. The van der Waals surface area contributed by atoms with E-state index >= 15 is 0 Å². The number of ether oxygens (including phenoxy) is 3. The Morgan fingerprint density at radius 1 is 0.917 bits per heavy atom. The average Bonchev–Trinajstić information content (AvgIpc) is 3.17. The number of benzene rings is 3. The van der Waals surface area contributed by atoms with E-state index in [1.54, 1.807) is 72.8 Å². The summed E-state index contributed by atoms with van der Waals surface area (Å²) in [6.07, 6.45) is 0.830. The summed E-state index contributed by atoms with van der Waals surface area (Å²) < 4.78 is 16.9. The van der Waals surface area contributed by atoms with Crippen LogP contribution in [0.4, 0.5) is 5.69 Å². The first kappa shape index (κ1) is 24.9. The molecule has 7 heteroatoms. The normalized spacial score (nSPS) is 16.8. The predicted molar refractivity (Wildman–Crippen MR) is 138 cm³/mol. The number of nitrogens with zero attached hydrogens (tertiary/aromatic N) is 1. The third-order valence-electron chi connectivity index (χ3n) is 5.87. The maximum Gasteiger partial charge on any atom is 0.300 e. The second-order valence-electron chi connectivity index (χ2n) is 8.22. The lowest BCUT2D eigenvalue weighted by molar-refractivity contribution is -0.132. The topological polar surface area (TPSA) is 85.3 Å². The fourth-order valence-corrected chi connectivity index (χ4v) is 4.28. The molecule has 0 bridgehead atoms. The highest BCUT2D eigenvalue weighted by Gasteiger charge is 2.48. The number of hydrogen-bond donors (Lipinski definition) is 1. The maximum absolute atomic E-state index is 13.5. The quantitative estimate of drug-likeness (QED) is 0.243. The van der Waals surface area contributed by atoms with E-state index in [0.29, 0.717) is 47.3 Å². The van der Waals surface area contributed by atoms with E-state index in [0.717, 1.165) is 6.42 Å². The monoisotopic (exact) mass is 487 g/mol. The molecule has 0 aromatic heterocycles. The van der Waals surface area contributed by atoms with Crippen LogP contribution in [0.2, 0.25) is 0 Å². The highest BCUT2D eigenvalue weighted by atomic mass is 16.5. The number of amides is 1.